The summed E-state index contributed by atoms with van der Waals surface area (Å²) >= 11 is 0. The van der Waals surface area contributed by atoms with Gasteiger partial charge in [0.15, 0.2) is 0 Å². The van der Waals surface area contributed by atoms with Crippen LogP contribution in [0.4, 0.5) is 23.7 Å². The van der Waals surface area contributed by atoms with Gasteiger partial charge in [-0.2, -0.15) is 13.9 Å². The molecule has 2 amide bonds. The molecule has 45 heavy (non-hydrogen) atoms. The number of aromatic nitrogens is 5. The van der Waals surface area contributed by atoms with Crippen molar-refractivity contribution in [1.29, 1.82) is 0 Å². The van der Waals surface area contributed by atoms with Gasteiger partial charge in [0.2, 0.25) is 12.3 Å². The molecule has 1 aliphatic rings. The van der Waals surface area contributed by atoms with Crippen molar-refractivity contribution >= 4 is 18.2 Å². The zero-order chi connectivity index (χ0) is 32.3. The van der Waals surface area contributed by atoms with E-state index < -0.39 is 23.7 Å². The zero-order valence-electron chi connectivity index (χ0n) is 25.1. The molecule has 4 aromatic rings. The summed E-state index contributed by atoms with van der Waals surface area (Å²) in [4.78, 5) is 31.6. The lowest BCUT2D eigenvalue weighted by Gasteiger charge is -2.33. The number of piperidine rings is 1. The van der Waals surface area contributed by atoms with E-state index in [2.05, 4.69) is 20.3 Å². The highest BCUT2D eigenvalue weighted by Crippen LogP contribution is 2.36. The number of hydrogen-bond donors (Lipinski definition) is 0. The molecule has 1 aromatic carbocycles. The van der Waals surface area contributed by atoms with E-state index in [1.54, 1.807) is 28.0 Å². The molecule has 0 saturated carbocycles. The average Bonchev–Trinajstić information content (AvgIpc) is 3.71. The summed E-state index contributed by atoms with van der Waals surface area (Å²) in [7, 11) is 1.41. The van der Waals surface area contributed by atoms with Gasteiger partial charge in [-0.3, -0.25) is 14.5 Å². The fraction of sp³-hybridized carbons (Fsp3) is 0.400. The fourth-order valence-corrected chi connectivity index (χ4v) is 4.91. The van der Waals surface area contributed by atoms with Crippen LogP contribution < -0.4 is 9.64 Å². The van der Waals surface area contributed by atoms with Crippen molar-refractivity contribution in [2.75, 3.05) is 25.1 Å². The predicted molar refractivity (Wildman–Crippen MR) is 155 cm³/mol. The number of rotatable bonds is 9. The van der Waals surface area contributed by atoms with E-state index in [1.807, 2.05) is 20.8 Å². The Morgan fingerprint density at radius 2 is 1.91 bits per heavy atom. The summed E-state index contributed by atoms with van der Waals surface area (Å²) in [5.74, 6) is -1.26. The smallest absolute Gasteiger partial charge is 0.410 e. The summed E-state index contributed by atoms with van der Waals surface area (Å²) < 4.78 is 58.7. The van der Waals surface area contributed by atoms with Crippen molar-refractivity contribution in [2.24, 2.45) is 0 Å². The molecule has 0 atom stereocenters. The van der Waals surface area contributed by atoms with Gasteiger partial charge in [0, 0.05) is 42.7 Å². The van der Waals surface area contributed by atoms with Crippen molar-refractivity contribution in [3.8, 4) is 28.3 Å². The minimum Gasteiger partial charge on any atom is -0.495 e. The minimum absolute atomic E-state index is 0.0253. The lowest BCUT2D eigenvalue weighted by Crippen LogP contribution is -2.42. The number of anilines is 1. The number of hydrogen-bond acceptors (Lipinski definition) is 9. The third-order valence-corrected chi connectivity index (χ3v) is 7.14. The van der Waals surface area contributed by atoms with Gasteiger partial charge in [0.25, 0.3) is 5.89 Å². The highest BCUT2D eigenvalue weighted by Gasteiger charge is 2.28. The molecule has 0 unspecified atom stereocenters. The highest BCUT2D eigenvalue weighted by atomic mass is 19.3. The van der Waals surface area contributed by atoms with E-state index in [-0.39, 0.29) is 41.6 Å². The molecule has 0 spiro atoms. The Balaban J connectivity index is 1.28. The summed E-state index contributed by atoms with van der Waals surface area (Å²) in [5.41, 5.74) is 1.12. The molecule has 5 rings (SSSR count). The maximum atomic E-state index is 15.5. The number of methoxy groups -OCH3 is 1. The monoisotopic (exact) mass is 627 g/mol. The van der Waals surface area contributed by atoms with Crippen LogP contribution in [0.5, 0.6) is 5.75 Å². The van der Waals surface area contributed by atoms with Crippen molar-refractivity contribution in [3.63, 3.8) is 0 Å². The number of benzene rings is 1. The summed E-state index contributed by atoms with van der Waals surface area (Å²) in [5, 5.41) is 11.3. The van der Waals surface area contributed by atoms with Crippen LogP contribution >= 0.6 is 0 Å². The minimum atomic E-state index is -2.90. The second kappa shape index (κ2) is 13.0. The van der Waals surface area contributed by atoms with Crippen molar-refractivity contribution in [2.45, 2.75) is 58.2 Å². The number of alkyl halides is 2. The Hall–Kier alpha value is -4.95. The Morgan fingerprint density at radius 3 is 2.51 bits per heavy atom. The SMILES string of the molecule is COc1cc(-c2cnn(C3CCN(C(=O)OC(C)(C)C)CC3)c2)c(F)cc1N(C=O)Cc1ccc(-c2nnc(C(F)F)o2)cn1. The van der Waals surface area contributed by atoms with E-state index in [0.717, 1.165) is 0 Å². The third-order valence-electron chi connectivity index (χ3n) is 7.14. The maximum absolute atomic E-state index is 15.5. The number of halogens is 3. The topological polar surface area (TPSA) is 129 Å². The van der Waals surface area contributed by atoms with Crippen LogP contribution in [0.3, 0.4) is 0 Å². The molecule has 0 aliphatic carbocycles. The lowest BCUT2D eigenvalue weighted by molar-refractivity contribution is -0.107. The normalized spacial score (nSPS) is 14.1. The Labute approximate surface area is 256 Å². The Kier molecular flexibility index (Phi) is 9.06. The molecule has 0 N–H and O–H groups in total. The first-order valence-corrected chi connectivity index (χ1v) is 14.1. The van der Waals surface area contributed by atoms with Crippen LogP contribution in [0.25, 0.3) is 22.6 Å². The number of nitrogens with zero attached hydrogens (tertiary/aromatic N) is 7. The van der Waals surface area contributed by atoms with Gasteiger partial charge < -0.3 is 23.7 Å². The molecule has 1 fully saturated rings. The molecule has 15 heteroatoms. The van der Waals surface area contributed by atoms with E-state index in [1.165, 1.54) is 36.4 Å². The molecule has 3 aromatic heterocycles. The van der Waals surface area contributed by atoms with Crippen LogP contribution in [0.2, 0.25) is 0 Å². The zero-order valence-corrected chi connectivity index (χ0v) is 25.1. The van der Waals surface area contributed by atoms with Crippen LogP contribution in [-0.4, -0.2) is 68.2 Å². The van der Waals surface area contributed by atoms with Gasteiger partial charge in [-0.15, -0.1) is 10.2 Å². The van der Waals surface area contributed by atoms with Gasteiger partial charge >= 0.3 is 12.5 Å². The van der Waals surface area contributed by atoms with Gasteiger partial charge in [-0.1, -0.05) is 0 Å². The standard InChI is InChI=1S/C30H32F3N7O5/c1-30(2,3)45-29(42)38-9-7-21(8-10-38)40-15-19(14-35-40)22-11-25(43-4)24(12-23(22)31)39(17-41)16-20-6-5-18(13-34-20)27-36-37-28(44-27)26(32)33/h5-6,11-15,17,21,26H,7-10,16H2,1-4H3. The van der Waals surface area contributed by atoms with E-state index in [9.17, 15) is 18.4 Å². The molecule has 1 saturated heterocycles. The first-order chi connectivity index (χ1) is 21.5. The number of carbonyl (C=O) groups excluding carboxylic acids is 2. The van der Waals surface area contributed by atoms with Crippen molar-refractivity contribution in [3.05, 3.63) is 60.3 Å². The molecule has 1 aliphatic heterocycles. The molecule has 238 valence electrons. The van der Waals surface area contributed by atoms with Crippen LogP contribution in [0, 0.1) is 5.82 Å². The second-order valence-corrected chi connectivity index (χ2v) is 11.4. The lowest BCUT2D eigenvalue weighted by atomic mass is 10.0. The predicted octanol–water partition coefficient (Wildman–Crippen LogP) is 5.82. The van der Waals surface area contributed by atoms with Gasteiger partial charge in [-0.05, 0) is 51.8 Å². The first kappa shape index (κ1) is 31.5. The van der Waals surface area contributed by atoms with Crippen molar-refractivity contribution < 1.29 is 36.7 Å². The van der Waals surface area contributed by atoms with Crippen LogP contribution in [-0.2, 0) is 16.1 Å². The largest absolute Gasteiger partial charge is 0.495 e. The van der Waals surface area contributed by atoms with Gasteiger partial charge in [-0.25, -0.2) is 9.18 Å². The Bertz CT molecular complexity index is 1640. The van der Waals surface area contributed by atoms with Crippen molar-refractivity contribution in [1.82, 2.24) is 29.9 Å². The third kappa shape index (κ3) is 7.24. The molecule has 12 nitrogen and oxygen atoms in total. The van der Waals surface area contributed by atoms with E-state index >= 15 is 4.39 Å². The molecular formula is C30H32F3N7O5. The summed E-state index contributed by atoms with van der Waals surface area (Å²) in [6.07, 6.45) is 3.29. The first-order valence-electron chi connectivity index (χ1n) is 14.1. The van der Waals surface area contributed by atoms with Crippen LogP contribution in [0.1, 0.15) is 57.7 Å². The maximum Gasteiger partial charge on any atom is 0.410 e. The Morgan fingerprint density at radius 1 is 1.16 bits per heavy atom. The summed E-state index contributed by atoms with van der Waals surface area (Å²) in [6.45, 7) is 6.47. The highest BCUT2D eigenvalue weighted by molar-refractivity contribution is 5.81. The van der Waals surface area contributed by atoms with E-state index in [4.69, 9.17) is 13.9 Å². The molecule has 0 radical (unpaired) electrons. The fourth-order valence-electron chi connectivity index (χ4n) is 4.91. The number of amides is 2. The van der Waals surface area contributed by atoms with Gasteiger partial charge in [0.05, 0.1) is 42.8 Å². The number of likely N-dealkylation sites (tertiary alicyclic amines) is 1. The quantitative estimate of drug-likeness (QED) is 0.211. The number of ether oxygens (including phenoxy) is 2. The second-order valence-electron chi connectivity index (χ2n) is 11.4. The molecular weight excluding hydrogens is 595 g/mol. The molecule has 0 bridgehead atoms. The van der Waals surface area contributed by atoms with E-state index in [0.29, 0.717) is 49.2 Å². The number of carbonyl (C=O) groups is 2. The average molecular weight is 628 g/mol. The number of pyridine rings is 1. The molecule has 4 heterocycles. The summed E-state index contributed by atoms with van der Waals surface area (Å²) in [6, 6.07) is 5.82. The van der Waals surface area contributed by atoms with Crippen LogP contribution in [0.15, 0.2) is 47.3 Å². The van der Waals surface area contributed by atoms with Gasteiger partial charge in [0.1, 0.15) is 17.2 Å².